The van der Waals surface area contributed by atoms with Crippen molar-refractivity contribution in [3.8, 4) is 23.0 Å². The molecule has 2 saturated heterocycles. The molecule has 2 fully saturated rings. The van der Waals surface area contributed by atoms with Gasteiger partial charge in [0.2, 0.25) is 6.29 Å². The minimum absolute atomic E-state index is 0.0779. The fourth-order valence-electron chi connectivity index (χ4n) is 6.24. The number of hydrogen-bond acceptors (Lipinski definition) is 14. The van der Waals surface area contributed by atoms with Crippen LogP contribution in [0.2, 0.25) is 0 Å². The van der Waals surface area contributed by atoms with Gasteiger partial charge in [0.1, 0.15) is 77.4 Å². The van der Waals surface area contributed by atoms with Crippen LogP contribution < -0.4 is 14.2 Å². The summed E-state index contributed by atoms with van der Waals surface area (Å²) in [7, 11) is 0. The number of ether oxygens (including phenoxy) is 6. The van der Waals surface area contributed by atoms with E-state index in [1.807, 2.05) is 38.1 Å². The zero-order valence-corrected chi connectivity index (χ0v) is 25.2. The quantitative estimate of drug-likeness (QED) is 0.186. The lowest BCUT2D eigenvalue weighted by Gasteiger charge is -2.45. The predicted molar refractivity (Wildman–Crippen MR) is 157 cm³/mol. The number of aliphatic hydroxyl groups is 7. The maximum absolute atomic E-state index is 10.9. The van der Waals surface area contributed by atoms with Crippen LogP contribution >= 0.6 is 0 Å². The summed E-state index contributed by atoms with van der Waals surface area (Å²) in [5.74, 6) is 1.38. The Labute approximate surface area is 264 Å². The smallest absolute Gasteiger partial charge is 0.229 e. The lowest BCUT2D eigenvalue weighted by Crippen LogP contribution is -2.65. The van der Waals surface area contributed by atoms with Gasteiger partial charge in [-0.3, -0.25) is 0 Å². The van der Waals surface area contributed by atoms with Crippen molar-refractivity contribution < 1.29 is 69.3 Å². The Kier molecular flexibility index (Phi) is 9.21. The van der Waals surface area contributed by atoms with Gasteiger partial charge in [0, 0.05) is 17.5 Å². The minimum atomic E-state index is -1.77. The highest BCUT2D eigenvalue weighted by Gasteiger charge is 2.51. The van der Waals surface area contributed by atoms with Crippen molar-refractivity contribution in [3.05, 3.63) is 53.1 Å². The first-order chi connectivity index (χ1) is 21.9. The van der Waals surface area contributed by atoms with Crippen molar-refractivity contribution in [3.63, 3.8) is 0 Å². The summed E-state index contributed by atoms with van der Waals surface area (Å²) in [6.07, 6.45) is -11.2. The first-order valence-corrected chi connectivity index (χ1v) is 15.2. The van der Waals surface area contributed by atoms with Crippen molar-refractivity contribution in [2.24, 2.45) is 0 Å². The summed E-state index contributed by atoms with van der Waals surface area (Å²) in [5, 5.41) is 82.4. The molecule has 2 aromatic rings. The number of benzene rings is 2. The number of aliphatic hydroxyl groups excluding tert-OH is 7. The molecular formula is C32H40O14. The van der Waals surface area contributed by atoms with Crippen molar-refractivity contribution in [1.82, 2.24) is 0 Å². The van der Waals surface area contributed by atoms with Gasteiger partial charge in [-0.25, -0.2) is 0 Å². The zero-order chi connectivity index (χ0) is 32.9. The van der Waals surface area contributed by atoms with Gasteiger partial charge >= 0.3 is 0 Å². The number of fused-ring (bicyclic) bond motifs is 3. The Bertz CT molecular complexity index is 1430. The fourth-order valence-corrected chi connectivity index (χ4v) is 6.24. The first-order valence-electron chi connectivity index (χ1n) is 15.2. The second-order valence-electron chi connectivity index (χ2n) is 12.6. The molecule has 14 nitrogen and oxygen atoms in total. The summed E-state index contributed by atoms with van der Waals surface area (Å²) in [4.78, 5) is 0. The molecule has 0 saturated carbocycles. The van der Waals surface area contributed by atoms with E-state index >= 15 is 0 Å². The van der Waals surface area contributed by atoms with Crippen LogP contribution in [0.25, 0.3) is 6.08 Å². The zero-order valence-electron chi connectivity index (χ0n) is 25.2. The van der Waals surface area contributed by atoms with Gasteiger partial charge in [0.05, 0.1) is 25.4 Å². The molecule has 0 bridgehead atoms. The largest absolute Gasteiger partial charge is 0.508 e. The third-order valence-corrected chi connectivity index (χ3v) is 8.81. The molecule has 0 unspecified atom stereocenters. The highest BCUT2D eigenvalue weighted by Crippen LogP contribution is 2.44. The molecule has 14 heteroatoms. The van der Waals surface area contributed by atoms with E-state index in [2.05, 4.69) is 0 Å². The molecular weight excluding hydrogens is 608 g/mol. The molecule has 6 rings (SSSR count). The molecule has 8 N–H and O–H groups in total. The van der Waals surface area contributed by atoms with Crippen LogP contribution in [0.15, 0.2) is 36.4 Å². The van der Waals surface area contributed by atoms with Gasteiger partial charge in [-0.15, -0.1) is 0 Å². The number of phenols is 1. The fraction of sp³-hybridized carbons (Fsp3) is 0.562. The van der Waals surface area contributed by atoms with Crippen molar-refractivity contribution in [2.75, 3.05) is 19.8 Å². The molecule has 4 aliphatic rings. The Balaban J connectivity index is 1.12. The number of hydrogen-bond donors (Lipinski definition) is 8. The van der Waals surface area contributed by atoms with Gasteiger partial charge in [-0.2, -0.15) is 0 Å². The van der Waals surface area contributed by atoms with E-state index in [1.165, 1.54) is 6.07 Å². The van der Waals surface area contributed by atoms with Crippen molar-refractivity contribution >= 4 is 6.08 Å². The van der Waals surface area contributed by atoms with Gasteiger partial charge in [0.15, 0.2) is 6.29 Å². The highest BCUT2D eigenvalue weighted by molar-refractivity contribution is 5.69. The van der Waals surface area contributed by atoms with Crippen LogP contribution in [-0.2, 0) is 20.6 Å². The topological polar surface area (TPSA) is 217 Å². The summed E-state index contributed by atoms with van der Waals surface area (Å²) in [5.41, 5.74) is 2.08. The van der Waals surface area contributed by atoms with Crippen LogP contribution in [0.5, 0.6) is 23.0 Å². The molecule has 0 amide bonds. The molecule has 11 atom stereocenters. The van der Waals surface area contributed by atoms with Crippen LogP contribution in [0.4, 0.5) is 0 Å². The number of rotatable bonds is 7. The normalized spacial score (nSPS) is 36.6. The maximum Gasteiger partial charge on any atom is 0.229 e. The van der Waals surface area contributed by atoms with Gasteiger partial charge in [-0.05, 0) is 50.1 Å². The van der Waals surface area contributed by atoms with Crippen LogP contribution in [0.1, 0.15) is 36.5 Å². The van der Waals surface area contributed by atoms with Crippen molar-refractivity contribution in [2.45, 2.75) is 93.2 Å². The van der Waals surface area contributed by atoms with Crippen LogP contribution in [-0.4, -0.2) is 128 Å². The summed E-state index contributed by atoms with van der Waals surface area (Å²) in [6, 6.07) is 8.48. The minimum Gasteiger partial charge on any atom is -0.508 e. The summed E-state index contributed by atoms with van der Waals surface area (Å²) in [6.45, 7) is 2.87. The highest BCUT2D eigenvalue weighted by atomic mass is 16.7. The van der Waals surface area contributed by atoms with E-state index in [4.69, 9.17) is 28.4 Å². The molecule has 252 valence electrons. The predicted octanol–water partition coefficient (Wildman–Crippen LogP) is -0.702. The van der Waals surface area contributed by atoms with Crippen molar-refractivity contribution in [1.29, 1.82) is 0 Å². The van der Waals surface area contributed by atoms with E-state index in [-0.39, 0.29) is 17.4 Å². The van der Waals surface area contributed by atoms with Gasteiger partial charge in [0.25, 0.3) is 0 Å². The Morgan fingerprint density at radius 1 is 0.848 bits per heavy atom. The molecule has 0 spiro atoms. The molecule has 2 aromatic carbocycles. The SMILES string of the molecule is CC1(C)C=Cc2c(ccc3c2OC[C@@H](c2ccc(O[C@H]4O[C@H](CO)[C@@H](O[C@H]5O[C@H](CO)[C@@H](O)[C@H](O)[C@H]5O)[C@H](O)[C@H]4O)cc2O)C3)O1. The molecule has 0 radical (unpaired) electrons. The summed E-state index contributed by atoms with van der Waals surface area (Å²) < 4.78 is 34.5. The third-order valence-electron chi connectivity index (χ3n) is 8.81. The van der Waals surface area contributed by atoms with Crippen LogP contribution in [0, 0.1) is 0 Å². The molecule has 0 aromatic heterocycles. The van der Waals surface area contributed by atoms with E-state index in [1.54, 1.807) is 12.1 Å². The number of aromatic hydroxyl groups is 1. The van der Waals surface area contributed by atoms with E-state index < -0.39 is 80.2 Å². The average Bonchev–Trinajstić information content (AvgIpc) is 3.03. The number of phenolic OH excluding ortho intramolecular Hbond substituents is 1. The second kappa shape index (κ2) is 12.9. The van der Waals surface area contributed by atoms with Gasteiger partial charge in [-0.1, -0.05) is 12.1 Å². The molecule has 0 aliphatic carbocycles. The summed E-state index contributed by atoms with van der Waals surface area (Å²) >= 11 is 0. The molecule has 4 heterocycles. The second-order valence-corrected chi connectivity index (χ2v) is 12.6. The first kappa shape index (κ1) is 32.9. The average molecular weight is 649 g/mol. The van der Waals surface area contributed by atoms with E-state index in [0.29, 0.717) is 18.6 Å². The monoisotopic (exact) mass is 648 g/mol. The van der Waals surface area contributed by atoms with Crippen LogP contribution in [0.3, 0.4) is 0 Å². The third kappa shape index (κ3) is 6.18. The standard InChI is InChI=1S/C32H40O14/c1-32(2)8-7-18-20(46-32)6-3-14-9-15(13-41-28(14)18)17-5-4-16(10-19(17)35)42-30-27(40)25(38)29(22(12-34)44-30)45-31-26(39)24(37)23(36)21(11-33)43-31/h3-8,10,15,21-27,29-31,33-40H,9,11-13H2,1-2H3/t15-,21+,22+,23+,24-,25+,26+,27+,29+,30-,31+/m0/s1. The maximum atomic E-state index is 10.9. The Hall–Kier alpha value is -3.02. The van der Waals surface area contributed by atoms with E-state index in [0.717, 1.165) is 22.6 Å². The molecule has 4 aliphatic heterocycles. The Morgan fingerprint density at radius 3 is 2.28 bits per heavy atom. The van der Waals surface area contributed by atoms with Gasteiger partial charge < -0.3 is 69.3 Å². The lowest BCUT2D eigenvalue weighted by molar-refractivity contribution is -0.352. The molecule has 46 heavy (non-hydrogen) atoms. The Morgan fingerprint density at radius 2 is 1.57 bits per heavy atom. The lowest BCUT2D eigenvalue weighted by atomic mass is 9.88. The van der Waals surface area contributed by atoms with E-state index in [9.17, 15) is 40.9 Å².